The van der Waals surface area contributed by atoms with Crippen LogP contribution in [0.25, 0.3) is 5.76 Å². The van der Waals surface area contributed by atoms with Crippen molar-refractivity contribution in [1.82, 2.24) is 4.98 Å². The van der Waals surface area contributed by atoms with Gasteiger partial charge in [0.1, 0.15) is 9.97 Å². The predicted molar refractivity (Wildman–Crippen MR) is 157 cm³/mol. The molecular weight excluding hydrogens is 578 g/mol. The van der Waals surface area contributed by atoms with Crippen LogP contribution >= 0.6 is 11.3 Å². The third kappa shape index (κ3) is 5.10. The Bertz CT molecular complexity index is 1840. The van der Waals surface area contributed by atoms with E-state index in [1.54, 1.807) is 36.4 Å². The molecule has 42 heavy (non-hydrogen) atoms. The Balaban J connectivity index is 1.62. The molecule has 0 aliphatic carbocycles. The number of aliphatic hydroxyl groups is 1. The maximum atomic E-state index is 13.5. The third-order valence-electron chi connectivity index (χ3n) is 6.99. The molecule has 214 valence electrons. The minimum absolute atomic E-state index is 0.0570. The number of sulfone groups is 1. The van der Waals surface area contributed by atoms with E-state index in [0.717, 1.165) is 46.5 Å². The van der Waals surface area contributed by atoms with Crippen LogP contribution in [0.1, 0.15) is 48.1 Å². The number of nitrogens with zero attached hydrogens (tertiary/aromatic N) is 3. The molecule has 1 amide bonds. The van der Waals surface area contributed by atoms with Gasteiger partial charge in [-0.1, -0.05) is 79.3 Å². The molecule has 0 spiro atoms. The number of hydrogen-bond acceptors (Lipinski definition) is 9. The molecule has 1 aliphatic rings. The fourth-order valence-electron chi connectivity index (χ4n) is 4.62. The van der Waals surface area contributed by atoms with Crippen LogP contribution in [0.3, 0.4) is 0 Å². The Labute approximate surface area is 245 Å². The third-order valence-corrected chi connectivity index (χ3v) is 10.2. The molecule has 0 bridgehead atoms. The number of ketones is 1. The zero-order chi connectivity index (χ0) is 30.3. The number of thiazole rings is 1. The number of aliphatic hydroxyl groups excluding tert-OH is 1. The molecule has 0 radical (unpaired) electrons. The van der Waals surface area contributed by atoms with Crippen molar-refractivity contribution >= 4 is 49.4 Å². The summed E-state index contributed by atoms with van der Waals surface area (Å²) in [5.74, 6) is -2.02. The number of Topliss-reactive ketones (excluding diaryl/α,β-unsaturated/α-hetero) is 1. The molecule has 5 rings (SSSR count). The van der Waals surface area contributed by atoms with Crippen molar-refractivity contribution in [3.05, 3.63) is 117 Å². The van der Waals surface area contributed by atoms with Gasteiger partial charge < -0.3 is 5.11 Å². The van der Waals surface area contributed by atoms with Crippen molar-refractivity contribution in [3.63, 3.8) is 0 Å². The number of aromatic nitrogens is 1. The minimum Gasteiger partial charge on any atom is -0.507 e. The maximum Gasteiger partial charge on any atom is 0.301 e. The highest BCUT2D eigenvalue weighted by Gasteiger charge is 2.48. The first-order chi connectivity index (χ1) is 19.9. The highest BCUT2D eigenvalue weighted by atomic mass is 32.2. The molecule has 2 heterocycles. The van der Waals surface area contributed by atoms with E-state index >= 15 is 0 Å². The van der Waals surface area contributed by atoms with Crippen molar-refractivity contribution in [2.75, 3.05) is 4.90 Å². The Hall–Kier alpha value is -4.68. The summed E-state index contributed by atoms with van der Waals surface area (Å²) in [7, 11) is -4.15. The molecule has 1 aliphatic heterocycles. The van der Waals surface area contributed by atoms with Crippen LogP contribution < -0.4 is 4.90 Å². The second-order valence-corrected chi connectivity index (χ2v) is 13.3. The average Bonchev–Trinajstić information content (AvgIpc) is 3.56. The first-order valence-electron chi connectivity index (χ1n) is 12.8. The first kappa shape index (κ1) is 28.8. The van der Waals surface area contributed by atoms with E-state index in [0.29, 0.717) is 22.5 Å². The Morgan fingerprint density at radius 1 is 1.00 bits per heavy atom. The molecule has 4 aromatic rings. The van der Waals surface area contributed by atoms with Gasteiger partial charge >= 0.3 is 5.91 Å². The van der Waals surface area contributed by atoms with Crippen LogP contribution in [0.2, 0.25) is 0 Å². The van der Waals surface area contributed by atoms with Gasteiger partial charge in [-0.25, -0.2) is 13.4 Å². The van der Waals surface area contributed by atoms with Gasteiger partial charge in [0.2, 0.25) is 9.84 Å². The number of amides is 1. The van der Waals surface area contributed by atoms with Gasteiger partial charge in [0.05, 0.1) is 27.6 Å². The van der Waals surface area contributed by atoms with Crippen molar-refractivity contribution in [2.45, 2.75) is 41.8 Å². The smallest absolute Gasteiger partial charge is 0.301 e. The maximum absolute atomic E-state index is 13.5. The van der Waals surface area contributed by atoms with Gasteiger partial charge in [-0.15, -0.1) is 0 Å². The topological polar surface area (TPSA) is 148 Å². The number of carbonyl (C=O) groups is 2. The van der Waals surface area contributed by atoms with E-state index in [1.165, 1.54) is 0 Å². The fraction of sp³-hybridized carbons (Fsp3) is 0.167. The molecule has 3 aromatic carbocycles. The molecule has 1 unspecified atom stereocenters. The first-order valence-corrected chi connectivity index (χ1v) is 15.1. The summed E-state index contributed by atoms with van der Waals surface area (Å²) in [5, 5.41) is 22.2. The molecule has 12 heteroatoms. The van der Waals surface area contributed by atoms with Crippen LogP contribution in [0, 0.1) is 17.0 Å². The Morgan fingerprint density at radius 3 is 2.19 bits per heavy atom. The van der Waals surface area contributed by atoms with Crippen LogP contribution in [-0.4, -0.2) is 35.1 Å². The summed E-state index contributed by atoms with van der Waals surface area (Å²) in [6.07, 6.45) is 1.08. The lowest BCUT2D eigenvalue weighted by Gasteiger charge is -2.23. The highest BCUT2D eigenvalue weighted by molar-refractivity contribution is 7.93. The monoisotopic (exact) mass is 603 g/mol. The average molecular weight is 604 g/mol. The molecule has 1 aromatic heterocycles. The minimum atomic E-state index is -4.15. The SMILES string of the molecule is Cc1ccc(/C(O)=C2/C(=O)C(=O)N(c3ncc(S(=O)(=O)c4ccc([N+](=O)[O-])cc4)s3)C2c2ccc(C(C)C)cc2)cc1. The van der Waals surface area contributed by atoms with Gasteiger partial charge in [0, 0.05) is 17.7 Å². The van der Waals surface area contributed by atoms with Gasteiger partial charge in [-0.3, -0.25) is 24.6 Å². The number of carbonyl (C=O) groups excluding carboxylic acids is 2. The van der Waals surface area contributed by atoms with Crippen molar-refractivity contribution < 1.29 is 28.0 Å². The van der Waals surface area contributed by atoms with E-state index in [1.807, 2.05) is 32.9 Å². The normalized spacial score (nSPS) is 16.8. The van der Waals surface area contributed by atoms with E-state index < -0.39 is 32.5 Å². The van der Waals surface area contributed by atoms with Gasteiger partial charge in [-0.05, 0) is 36.1 Å². The molecule has 1 atom stereocenters. The second kappa shape index (κ2) is 11.0. The summed E-state index contributed by atoms with van der Waals surface area (Å²) in [6.45, 7) is 5.94. The van der Waals surface area contributed by atoms with Crippen LogP contribution in [-0.2, 0) is 19.4 Å². The van der Waals surface area contributed by atoms with Crippen LogP contribution in [0.5, 0.6) is 0 Å². The van der Waals surface area contributed by atoms with E-state index in [2.05, 4.69) is 4.98 Å². The van der Waals surface area contributed by atoms with Crippen LogP contribution in [0.4, 0.5) is 10.8 Å². The number of aryl methyl sites for hydroxylation is 1. The Morgan fingerprint density at radius 2 is 1.62 bits per heavy atom. The number of nitro benzene ring substituents is 1. The number of anilines is 1. The molecule has 1 saturated heterocycles. The fourth-order valence-corrected chi connectivity index (χ4v) is 7.17. The quantitative estimate of drug-likeness (QED) is 0.0897. The highest BCUT2D eigenvalue weighted by Crippen LogP contribution is 2.44. The van der Waals surface area contributed by atoms with Crippen molar-refractivity contribution in [1.29, 1.82) is 0 Å². The van der Waals surface area contributed by atoms with E-state index in [4.69, 9.17) is 0 Å². The lowest BCUT2D eigenvalue weighted by atomic mass is 9.93. The van der Waals surface area contributed by atoms with E-state index in [9.17, 15) is 33.2 Å². The lowest BCUT2D eigenvalue weighted by molar-refractivity contribution is -0.384. The Kier molecular flexibility index (Phi) is 7.52. The molecule has 0 saturated carbocycles. The number of non-ortho nitro benzene ring substituents is 1. The summed E-state index contributed by atoms with van der Waals surface area (Å²) in [4.78, 5) is 42.4. The van der Waals surface area contributed by atoms with Gasteiger partial charge in [0.15, 0.2) is 5.13 Å². The molecular formula is C30H25N3O7S2. The second-order valence-electron chi connectivity index (χ2n) is 10.1. The number of nitro groups is 1. The predicted octanol–water partition coefficient (Wildman–Crippen LogP) is 5.94. The number of benzene rings is 3. The molecule has 1 fully saturated rings. The standard InChI is InChI=1S/C30H25N3O7S2/c1-17(2)19-8-10-20(11-9-19)26-25(27(34)21-6-4-18(3)5-7-21)28(35)29(36)32(26)30-31-16-24(41-30)42(39,40)23-14-12-22(13-15-23)33(37)38/h4-17,26,34H,1-3H3/b27-25-. The zero-order valence-electron chi connectivity index (χ0n) is 22.7. The largest absolute Gasteiger partial charge is 0.507 e. The summed E-state index contributed by atoms with van der Waals surface area (Å²) < 4.78 is 26.4. The van der Waals surface area contributed by atoms with E-state index in [-0.39, 0.29) is 37.2 Å². The number of rotatable bonds is 7. The zero-order valence-corrected chi connectivity index (χ0v) is 24.3. The lowest BCUT2D eigenvalue weighted by Crippen LogP contribution is -2.29. The summed E-state index contributed by atoms with van der Waals surface area (Å²) in [5.41, 5.74) is 2.44. The van der Waals surface area contributed by atoms with Crippen molar-refractivity contribution in [2.24, 2.45) is 0 Å². The van der Waals surface area contributed by atoms with Crippen molar-refractivity contribution in [3.8, 4) is 0 Å². The molecule has 1 N–H and O–H groups in total. The van der Waals surface area contributed by atoms with Crippen LogP contribution in [0.15, 0.2) is 93.7 Å². The summed E-state index contributed by atoms with van der Waals surface area (Å²) >= 11 is 0.682. The number of hydrogen-bond donors (Lipinski definition) is 1. The summed E-state index contributed by atoms with van der Waals surface area (Å²) in [6, 6.07) is 17.5. The van der Waals surface area contributed by atoms with Gasteiger partial charge in [0.25, 0.3) is 11.5 Å². The molecule has 10 nitrogen and oxygen atoms in total. The van der Waals surface area contributed by atoms with Gasteiger partial charge in [-0.2, -0.15) is 0 Å².